The fraction of sp³-hybridized carbons (Fsp3) is 0.222. The van der Waals surface area contributed by atoms with Crippen LogP contribution < -0.4 is 5.73 Å². The molecule has 0 radical (unpaired) electrons. The first-order valence-electron chi connectivity index (χ1n) is 4.14. The van der Waals surface area contributed by atoms with Crippen molar-refractivity contribution in [3.63, 3.8) is 0 Å². The summed E-state index contributed by atoms with van der Waals surface area (Å²) in [7, 11) is 1.61. The molecule has 3 nitrogen and oxygen atoms in total. The number of benzene rings is 1. The fourth-order valence-corrected chi connectivity index (χ4v) is 1.46. The van der Waals surface area contributed by atoms with Gasteiger partial charge in [-0.1, -0.05) is 0 Å². The van der Waals surface area contributed by atoms with Crippen molar-refractivity contribution in [2.24, 2.45) is 12.8 Å². The molecule has 0 bridgehead atoms. The van der Waals surface area contributed by atoms with Crippen LogP contribution in [0, 0.1) is 11.6 Å². The lowest BCUT2D eigenvalue weighted by molar-refractivity contribution is 0.513. The van der Waals surface area contributed by atoms with Gasteiger partial charge < -0.3 is 10.3 Å². The molecule has 14 heavy (non-hydrogen) atoms. The molecule has 0 saturated heterocycles. The average molecular weight is 197 g/mol. The number of aryl methyl sites for hydroxylation is 1. The molecule has 1 aromatic carbocycles. The molecule has 2 aromatic rings. The Balaban J connectivity index is 2.87. The van der Waals surface area contributed by atoms with E-state index in [0.717, 1.165) is 6.07 Å². The third-order valence-corrected chi connectivity index (χ3v) is 2.20. The molecule has 2 N–H and O–H groups in total. The van der Waals surface area contributed by atoms with Gasteiger partial charge in [0.15, 0.2) is 11.6 Å². The Morgan fingerprint density at radius 3 is 2.79 bits per heavy atom. The van der Waals surface area contributed by atoms with E-state index < -0.39 is 11.6 Å². The number of aromatic nitrogens is 2. The molecule has 1 heterocycles. The van der Waals surface area contributed by atoms with Gasteiger partial charge in [0.25, 0.3) is 0 Å². The number of fused-ring (bicyclic) bond motifs is 1. The molecule has 5 heteroatoms. The number of hydrogen-bond acceptors (Lipinski definition) is 2. The minimum absolute atomic E-state index is 0.158. The molecule has 0 amide bonds. The number of rotatable bonds is 1. The molecule has 2 rings (SSSR count). The van der Waals surface area contributed by atoms with Crippen LogP contribution in [0.2, 0.25) is 0 Å². The van der Waals surface area contributed by atoms with Gasteiger partial charge in [0.1, 0.15) is 11.3 Å². The topological polar surface area (TPSA) is 43.8 Å². The summed E-state index contributed by atoms with van der Waals surface area (Å²) in [6, 6.07) is 2.50. The third kappa shape index (κ3) is 1.09. The second-order valence-electron chi connectivity index (χ2n) is 3.02. The van der Waals surface area contributed by atoms with E-state index in [-0.39, 0.29) is 12.1 Å². The lowest BCUT2D eigenvalue weighted by Crippen LogP contribution is -2.05. The van der Waals surface area contributed by atoms with Gasteiger partial charge in [-0.25, -0.2) is 13.8 Å². The Morgan fingerprint density at radius 2 is 2.14 bits per heavy atom. The minimum Gasteiger partial charge on any atom is -0.328 e. The van der Waals surface area contributed by atoms with Gasteiger partial charge in [-0.2, -0.15) is 0 Å². The fourth-order valence-electron chi connectivity index (χ4n) is 1.46. The standard InChI is InChI=1S/C9H9F2N3/c1-14-7(4-12)13-6-3-2-5(10)8(11)9(6)14/h2-3H,4,12H2,1H3. The van der Waals surface area contributed by atoms with Crippen LogP contribution >= 0.6 is 0 Å². The minimum atomic E-state index is -0.878. The van der Waals surface area contributed by atoms with Crippen molar-refractivity contribution in [1.29, 1.82) is 0 Å². The molecule has 0 aliphatic carbocycles. The molecule has 1 aromatic heterocycles. The van der Waals surface area contributed by atoms with E-state index in [2.05, 4.69) is 4.98 Å². The molecule has 0 atom stereocenters. The summed E-state index contributed by atoms with van der Waals surface area (Å²) in [5.74, 6) is -1.22. The summed E-state index contributed by atoms with van der Waals surface area (Å²) in [5, 5.41) is 0. The zero-order valence-electron chi connectivity index (χ0n) is 7.59. The van der Waals surface area contributed by atoms with Crippen LogP contribution in [0.15, 0.2) is 12.1 Å². The van der Waals surface area contributed by atoms with Crippen molar-refractivity contribution in [2.75, 3.05) is 0 Å². The number of imidazole rings is 1. The Morgan fingerprint density at radius 1 is 1.43 bits per heavy atom. The maximum Gasteiger partial charge on any atom is 0.184 e. The van der Waals surface area contributed by atoms with E-state index in [1.165, 1.54) is 10.6 Å². The highest BCUT2D eigenvalue weighted by Gasteiger charge is 2.13. The van der Waals surface area contributed by atoms with E-state index in [4.69, 9.17) is 5.73 Å². The lowest BCUT2D eigenvalue weighted by atomic mass is 10.3. The highest BCUT2D eigenvalue weighted by Crippen LogP contribution is 2.20. The van der Waals surface area contributed by atoms with Crippen molar-refractivity contribution in [2.45, 2.75) is 6.54 Å². The van der Waals surface area contributed by atoms with Gasteiger partial charge in [0.05, 0.1) is 12.1 Å². The smallest absolute Gasteiger partial charge is 0.184 e. The molecule has 0 unspecified atom stereocenters. The first kappa shape index (κ1) is 9.08. The van der Waals surface area contributed by atoms with Gasteiger partial charge in [0.2, 0.25) is 0 Å². The highest BCUT2D eigenvalue weighted by atomic mass is 19.2. The van der Waals surface area contributed by atoms with Gasteiger partial charge in [-0.3, -0.25) is 0 Å². The molecule has 0 aliphatic heterocycles. The molecular weight excluding hydrogens is 188 g/mol. The van der Waals surface area contributed by atoms with Crippen LogP contribution in [0.3, 0.4) is 0 Å². The molecule has 0 aliphatic rings. The van der Waals surface area contributed by atoms with E-state index in [0.29, 0.717) is 11.3 Å². The second-order valence-corrected chi connectivity index (χ2v) is 3.02. The Hall–Kier alpha value is -1.49. The molecule has 0 saturated carbocycles. The number of halogens is 2. The van der Waals surface area contributed by atoms with Crippen LogP contribution in [0.25, 0.3) is 11.0 Å². The monoisotopic (exact) mass is 197 g/mol. The maximum atomic E-state index is 13.3. The summed E-state index contributed by atoms with van der Waals surface area (Å²) in [4.78, 5) is 4.06. The second kappa shape index (κ2) is 3.02. The quantitative estimate of drug-likeness (QED) is 0.749. The largest absolute Gasteiger partial charge is 0.328 e. The SMILES string of the molecule is Cn1c(CN)nc2ccc(F)c(F)c21. The molecular formula is C9H9F2N3. The first-order chi connectivity index (χ1) is 6.65. The normalized spacial score (nSPS) is 11.1. The van der Waals surface area contributed by atoms with Gasteiger partial charge in [-0.15, -0.1) is 0 Å². The van der Waals surface area contributed by atoms with Crippen molar-refractivity contribution in [3.8, 4) is 0 Å². The summed E-state index contributed by atoms with van der Waals surface area (Å²) >= 11 is 0. The van der Waals surface area contributed by atoms with Crippen molar-refractivity contribution < 1.29 is 8.78 Å². The zero-order chi connectivity index (χ0) is 10.3. The Bertz CT molecular complexity index is 490. The predicted molar refractivity (Wildman–Crippen MR) is 48.5 cm³/mol. The van der Waals surface area contributed by atoms with Gasteiger partial charge >= 0.3 is 0 Å². The average Bonchev–Trinajstić information content (AvgIpc) is 2.50. The lowest BCUT2D eigenvalue weighted by Gasteiger charge is -1.99. The van der Waals surface area contributed by atoms with Crippen LogP contribution in [0.1, 0.15) is 5.82 Å². The van der Waals surface area contributed by atoms with E-state index in [9.17, 15) is 8.78 Å². The zero-order valence-corrected chi connectivity index (χ0v) is 7.59. The van der Waals surface area contributed by atoms with Crippen molar-refractivity contribution >= 4 is 11.0 Å². The van der Waals surface area contributed by atoms with E-state index in [1.807, 2.05) is 0 Å². The van der Waals surface area contributed by atoms with Crippen LogP contribution in [-0.2, 0) is 13.6 Å². The first-order valence-corrected chi connectivity index (χ1v) is 4.14. The van der Waals surface area contributed by atoms with Crippen molar-refractivity contribution in [1.82, 2.24) is 9.55 Å². The highest BCUT2D eigenvalue weighted by molar-refractivity contribution is 5.76. The Labute approximate surface area is 79.2 Å². The van der Waals surface area contributed by atoms with Crippen LogP contribution in [0.4, 0.5) is 8.78 Å². The number of hydrogen-bond donors (Lipinski definition) is 1. The number of nitrogens with zero attached hydrogens (tertiary/aromatic N) is 2. The Kier molecular flexibility index (Phi) is 1.96. The molecule has 74 valence electrons. The summed E-state index contributed by atoms with van der Waals surface area (Å²) in [6.45, 7) is 0.201. The predicted octanol–water partition coefficient (Wildman–Crippen LogP) is 1.31. The third-order valence-electron chi connectivity index (χ3n) is 2.20. The van der Waals surface area contributed by atoms with Gasteiger partial charge in [0, 0.05) is 7.05 Å². The van der Waals surface area contributed by atoms with Crippen LogP contribution in [-0.4, -0.2) is 9.55 Å². The van der Waals surface area contributed by atoms with E-state index in [1.54, 1.807) is 7.05 Å². The van der Waals surface area contributed by atoms with E-state index >= 15 is 0 Å². The molecule has 0 fully saturated rings. The van der Waals surface area contributed by atoms with Crippen molar-refractivity contribution in [3.05, 3.63) is 29.6 Å². The summed E-state index contributed by atoms with van der Waals surface area (Å²) < 4.78 is 27.7. The van der Waals surface area contributed by atoms with Gasteiger partial charge in [-0.05, 0) is 12.1 Å². The maximum absolute atomic E-state index is 13.3. The summed E-state index contributed by atoms with van der Waals surface area (Å²) in [5.41, 5.74) is 5.98. The molecule has 0 spiro atoms. The van der Waals surface area contributed by atoms with Crippen LogP contribution in [0.5, 0.6) is 0 Å². The summed E-state index contributed by atoms with van der Waals surface area (Å²) in [6.07, 6.45) is 0. The number of nitrogens with two attached hydrogens (primary N) is 1.